The Kier molecular flexibility index (Phi) is 5.00. The second-order valence-electron chi connectivity index (χ2n) is 4.82. The van der Waals surface area contributed by atoms with Gasteiger partial charge in [0.1, 0.15) is 0 Å². The molecule has 0 unspecified atom stereocenters. The van der Waals surface area contributed by atoms with Gasteiger partial charge in [-0.3, -0.25) is 20.0 Å². The number of H-pyrrole nitrogens is 1. The number of carbonyl (C=O) groups excluding carboxylic acids is 1. The van der Waals surface area contributed by atoms with Gasteiger partial charge in [0.2, 0.25) is 0 Å². The minimum atomic E-state index is -0.482. The summed E-state index contributed by atoms with van der Waals surface area (Å²) in [6.07, 6.45) is 1.39. The first-order chi connectivity index (χ1) is 12.0. The number of hydrazone groups is 1. The molecule has 0 aliphatic rings. The van der Waals surface area contributed by atoms with Gasteiger partial charge in [-0.25, -0.2) is 5.43 Å². The molecule has 0 aliphatic heterocycles. The molecular formula is C15H10BrN5O3S. The lowest BCUT2D eigenvalue weighted by Crippen LogP contribution is -2.17. The van der Waals surface area contributed by atoms with E-state index in [1.54, 1.807) is 6.07 Å². The molecule has 25 heavy (non-hydrogen) atoms. The van der Waals surface area contributed by atoms with E-state index < -0.39 is 10.8 Å². The number of nitrogens with zero attached hydrogens (tertiary/aromatic N) is 3. The highest BCUT2D eigenvalue weighted by Gasteiger charge is 2.12. The molecular weight excluding hydrogens is 410 g/mol. The third kappa shape index (κ3) is 4.17. The first kappa shape index (κ1) is 17.0. The number of halogens is 1. The van der Waals surface area contributed by atoms with E-state index in [2.05, 4.69) is 36.7 Å². The zero-order chi connectivity index (χ0) is 17.8. The summed E-state index contributed by atoms with van der Waals surface area (Å²) in [6.45, 7) is 0. The number of hydrogen-bond donors (Lipinski definition) is 2. The maximum Gasteiger partial charge on any atom is 0.291 e. The van der Waals surface area contributed by atoms with Gasteiger partial charge in [-0.05, 0) is 51.8 Å². The van der Waals surface area contributed by atoms with E-state index in [4.69, 9.17) is 0 Å². The first-order valence-corrected chi connectivity index (χ1v) is 8.53. The first-order valence-electron chi connectivity index (χ1n) is 6.92. The Hall–Kier alpha value is -2.85. The van der Waals surface area contributed by atoms with Gasteiger partial charge in [0, 0.05) is 12.1 Å². The topological polar surface area (TPSA) is 113 Å². The van der Waals surface area contributed by atoms with E-state index in [1.165, 1.54) is 41.8 Å². The zero-order valence-electron chi connectivity index (χ0n) is 12.5. The van der Waals surface area contributed by atoms with Crippen LogP contribution >= 0.6 is 27.3 Å². The molecule has 2 heterocycles. The number of non-ortho nitro benzene ring substituents is 1. The number of benzene rings is 1. The molecule has 1 aromatic carbocycles. The molecule has 1 amide bonds. The highest BCUT2D eigenvalue weighted by atomic mass is 79.9. The van der Waals surface area contributed by atoms with Crippen LogP contribution in [0.1, 0.15) is 16.1 Å². The van der Waals surface area contributed by atoms with Crippen molar-refractivity contribution < 1.29 is 9.72 Å². The Morgan fingerprint density at radius 2 is 2.08 bits per heavy atom. The van der Waals surface area contributed by atoms with Crippen LogP contribution in [0.15, 0.2) is 51.4 Å². The lowest BCUT2D eigenvalue weighted by Gasteiger charge is -1.95. The Morgan fingerprint density at radius 1 is 1.32 bits per heavy atom. The number of aromatic nitrogens is 2. The molecule has 0 bridgehead atoms. The van der Waals surface area contributed by atoms with Crippen molar-refractivity contribution in [1.82, 2.24) is 15.6 Å². The third-order valence-corrected chi connectivity index (χ3v) is 4.79. The van der Waals surface area contributed by atoms with E-state index in [9.17, 15) is 14.9 Å². The molecule has 0 fully saturated rings. The predicted molar refractivity (Wildman–Crippen MR) is 97.8 cm³/mol. The summed E-state index contributed by atoms with van der Waals surface area (Å²) in [6, 6.07) is 11.3. The van der Waals surface area contributed by atoms with Crippen molar-refractivity contribution in [3.05, 3.63) is 67.6 Å². The molecule has 0 aliphatic carbocycles. The number of nitro benzene ring substituents is 1. The lowest BCUT2D eigenvalue weighted by molar-refractivity contribution is -0.384. The summed E-state index contributed by atoms with van der Waals surface area (Å²) in [5, 5.41) is 21.2. The van der Waals surface area contributed by atoms with Gasteiger partial charge in [-0.15, -0.1) is 11.3 Å². The fraction of sp³-hybridized carbons (Fsp3) is 0. The van der Waals surface area contributed by atoms with Crippen molar-refractivity contribution in [2.45, 2.75) is 0 Å². The van der Waals surface area contributed by atoms with Gasteiger partial charge < -0.3 is 0 Å². The number of nitro groups is 1. The normalized spacial score (nSPS) is 10.9. The number of hydrogen-bond acceptors (Lipinski definition) is 6. The molecule has 0 radical (unpaired) electrons. The van der Waals surface area contributed by atoms with E-state index in [1.807, 2.05) is 12.1 Å². The van der Waals surface area contributed by atoms with Crippen molar-refractivity contribution in [3.8, 4) is 10.6 Å². The molecule has 126 valence electrons. The Bertz CT molecular complexity index is 948. The zero-order valence-corrected chi connectivity index (χ0v) is 14.9. The van der Waals surface area contributed by atoms with Crippen LogP contribution in [0.4, 0.5) is 5.69 Å². The number of rotatable bonds is 5. The average molecular weight is 420 g/mol. The van der Waals surface area contributed by atoms with Gasteiger partial charge in [-0.2, -0.15) is 10.2 Å². The summed E-state index contributed by atoms with van der Waals surface area (Å²) in [4.78, 5) is 23.1. The molecule has 3 rings (SSSR count). The second kappa shape index (κ2) is 7.36. The fourth-order valence-electron chi connectivity index (χ4n) is 1.93. The van der Waals surface area contributed by atoms with Crippen LogP contribution in [-0.2, 0) is 0 Å². The fourth-order valence-corrected chi connectivity index (χ4v) is 3.28. The van der Waals surface area contributed by atoms with Crippen molar-refractivity contribution in [1.29, 1.82) is 0 Å². The minimum Gasteiger partial charge on any atom is -0.276 e. The van der Waals surface area contributed by atoms with Gasteiger partial charge in [-0.1, -0.05) is 0 Å². The molecule has 2 aromatic heterocycles. The second-order valence-corrected chi connectivity index (χ2v) is 7.28. The molecule has 8 nitrogen and oxygen atoms in total. The van der Waals surface area contributed by atoms with Crippen molar-refractivity contribution in [2.24, 2.45) is 5.10 Å². The van der Waals surface area contributed by atoms with E-state index in [-0.39, 0.29) is 11.4 Å². The largest absolute Gasteiger partial charge is 0.291 e. The third-order valence-electron chi connectivity index (χ3n) is 3.13. The molecule has 0 atom stereocenters. The average Bonchev–Trinajstić information content (AvgIpc) is 3.24. The van der Waals surface area contributed by atoms with Crippen LogP contribution < -0.4 is 5.43 Å². The van der Waals surface area contributed by atoms with Crippen LogP contribution in [-0.4, -0.2) is 27.2 Å². The maximum atomic E-state index is 12.0. The molecule has 0 saturated carbocycles. The van der Waals surface area contributed by atoms with Gasteiger partial charge in [0.15, 0.2) is 5.69 Å². The summed E-state index contributed by atoms with van der Waals surface area (Å²) < 4.78 is 0.982. The van der Waals surface area contributed by atoms with E-state index in [0.717, 1.165) is 14.4 Å². The van der Waals surface area contributed by atoms with Crippen molar-refractivity contribution >= 4 is 45.1 Å². The Morgan fingerprint density at radius 3 is 2.72 bits per heavy atom. The monoisotopic (exact) mass is 419 g/mol. The van der Waals surface area contributed by atoms with Crippen molar-refractivity contribution in [2.75, 3.05) is 0 Å². The van der Waals surface area contributed by atoms with Crippen LogP contribution in [0.25, 0.3) is 10.6 Å². The predicted octanol–water partition coefficient (Wildman–Crippen LogP) is 3.57. The minimum absolute atomic E-state index is 0.00884. The van der Waals surface area contributed by atoms with E-state index >= 15 is 0 Å². The van der Waals surface area contributed by atoms with Crippen LogP contribution in [0.5, 0.6) is 0 Å². The molecule has 0 spiro atoms. The number of aromatic amines is 1. The maximum absolute atomic E-state index is 12.0. The smallest absolute Gasteiger partial charge is 0.276 e. The van der Waals surface area contributed by atoms with Gasteiger partial charge in [0.05, 0.1) is 25.5 Å². The molecule has 2 N–H and O–H groups in total. The quantitative estimate of drug-likeness (QED) is 0.373. The summed E-state index contributed by atoms with van der Waals surface area (Å²) in [7, 11) is 0. The molecule has 0 saturated heterocycles. The Balaban J connectivity index is 1.62. The van der Waals surface area contributed by atoms with Gasteiger partial charge >= 0.3 is 0 Å². The summed E-state index contributed by atoms with van der Waals surface area (Å²) >= 11 is 4.90. The summed E-state index contributed by atoms with van der Waals surface area (Å²) in [5.74, 6) is -0.462. The van der Waals surface area contributed by atoms with Crippen LogP contribution in [0.3, 0.4) is 0 Å². The SMILES string of the molecule is O=C(N/N=C\c1ccc([N+](=O)[O-])cc1)c1cc(-c2ccc(Br)s2)[nH]n1. The number of carbonyl (C=O) groups is 1. The molecule has 3 aromatic rings. The Labute approximate surface area is 153 Å². The standard InChI is InChI=1S/C15H10BrN5O3S/c16-14-6-5-13(25-14)11-7-12(19-18-11)15(22)20-17-8-9-1-3-10(4-2-9)21(23)24/h1-8H,(H,18,19)(H,20,22)/b17-8-. The number of thiophene rings is 1. The van der Waals surface area contributed by atoms with Gasteiger partial charge in [0.25, 0.3) is 11.6 Å². The number of nitrogens with one attached hydrogen (secondary N) is 2. The number of amides is 1. The lowest BCUT2D eigenvalue weighted by atomic mass is 10.2. The highest BCUT2D eigenvalue weighted by molar-refractivity contribution is 9.11. The summed E-state index contributed by atoms with van der Waals surface area (Å²) in [5.41, 5.74) is 3.92. The molecule has 10 heteroatoms. The van der Waals surface area contributed by atoms with Crippen molar-refractivity contribution in [3.63, 3.8) is 0 Å². The highest BCUT2D eigenvalue weighted by Crippen LogP contribution is 2.30. The van der Waals surface area contributed by atoms with Crippen LogP contribution in [0, 0.1) is 10.1 Å². The van der Waals surface area contributed by atoms with Crippen LogP contribution in [0.2, 0.25) is 0 Å². The van der Waals surface area contributed by atoms with E-state index in [0.29, 0.717) is 5.56 Å².